The van der Waals surface area contributed by atoms with E-state index in [-0.39, 0.29) is 6.10 Å². The highest BCUT2D eigenvalue weighted by Crippen LogP contribution is 2.19. The molecular formula is C14H24O2Si. The molecule has 0 radical (unpaired) electrons. The highest BCUT2D eigenvalue weighted by Gasteiger charge is 2.31. The summed E-state index contributed by atoms with van der Waals surface area (Å²) in [5, 5.41) is 0. The molecule has 0 spiro atoms. The van der Waals surface area contributed by atoms with E-state index >= 15 is 0 Å². The molecule has 0 amide bonds. The predicted octanol–water partition coefficient (Wildman–Crippen LogP) is 3.76. The van der Waals surface area contributed by atoms with Crippen LogP contribution >= 0.6 is 0 Å². The lowest BCUT2D eigenvalue weighted by atomic mass is 10.2. The Balaban J connectivity index is 2.55. The Kier molecular flexibility index (Phi) is 5.89. The van der Waals surface area contributed by atoms with Crippen molar-refractivity contribution < 1.29 is 8.85 Å². The van der Waals surface area contributed by atoms with E-state index in [9.17, 15) is 0 Å². The second-order valence-electron chi connectivity index (χ2n) is 4.72. The fourth-order valence-electron chi connectivity index (χ4n) is 1.99. The second kappa shape index (κ2) is 6.94. The number of benzene rings is 1. The van der Waals surface area contributed by atoms with E-state index < -0.39 is 8.56 Å². The van der Waals surface area contributed by atoms with Gasteiger partial charge in [0.15, 0.2) is 0 Å². The molecule has 0 bridgehead atoms. The fourth-order valence-corrected chi connectivity index (χ4v) is 4.67. The van der Waals surface area contributed by atoms with Gasteiger partial charge in [0, 0.05) is 12.7 Å². The minimum absolute atomic E-state index is 0.244. The maximum atomic E-state index is 6.02. The molecule has 0 fully saturated rings. The minimum atomic E-state index is -2.00. The number of rotatable bonds is 7. The maximum Gasteiger partial charge on any atom is 0.335 e. The van der Waals surface area contributed by atoms with E-state index in [2.05, 4.69) is 44.7 Å². The zero-order valence-corrected chi connectivity index (χ0v) is 12.4. The van der Waals surface area contributed by atoms with Crippen molar-refractivity contribution >= 4 is 8.56 Å². The molecule has 2 nitrogen and oxygen atoms in total. The molecule has 1 aromatic rings. The molecule has 0 aromatic heterocycles. The lowest BCUT2D eigenvalue weighted by Crippen LogP contribution is -2.41. The molecule has 0 heterocycles. The summed E-state index contributed by atoms with van der Waals surface area (Å²) in [7, 11) is -2.00. The van der Waals surface area contributed by atoms with Crippen LogP contribution in [0.1, 0.15) is 26.3 Å². The lowest BCUT2D eigenvalue weighted by molar-refractivity contribution is 0.141. The van der Waals surface area contributed by atoms with Gasteiger partial charge in [0.05, 0.1) is 0 Å². The van der Waals surface area contributed by atoms with E-state index in [0.29, 0.717) is 0 Å². The van der Waals surface area contributed by atoms with Gasteiger partial charge in [-0.2, -0.15) is 0 Å². The van der Waals surface area contributed by atoms with Gasteiger partial charge in [0.25, 0.3) is 0 Å². The Morgan fingerprint density at radius 3 is 2.35 bits per heavy atom. The van der Waals surface area contributed by atoms with Crippen LogP contribution in [0, 0.1) is 0 Å². The monoisotopic (exact) mass is 252 g/mol. The Labute approximate surface area is 106 Å². The Morgan fingerprint density at radius 1 is 1.18 bits per heavy atom. The number of hydrogen-bond acceptors (Lipinski definition) is 2. The first-order valence-corrected chi connectivity index (χ1v) is 8.94. The molecular weight excluding hydrogens is 228 g/mol. The molecule has 0 saturated heterocycles. The standard InChI is InChI=1S/C14H24O2Si/c1-5-15-17(4,16-13(2)3)12-11-14-9-7-6-8-10-14/h6-10,13H,5,11-12H2,1-4H3. The molecule has 96 valence electrons. The predicted molar refractivity (Wildman–Crippen MR) is 74.4 cm³/mol. The summed E-state index contributed by atoms with van der Waals surface area (Å²) in [5.41, 5.74) is 1.36. The third-order valence-corrected chi connectivity index (χ3v) is 5.67. The summed E-state index contributed by atoms with van der Waals surface area (Å²) in [6.07, 6.45) is 1.28. The SMILES string of the molecule is CCO[Si](C)(CCc1ccccc1)OC(C)C. The smallest absolute Gasteiger partial charge is 0.335 e. The van der Waals surface area contributed by atoms with E-state index in [1.165, 1.54) is 5.56 Å². The van der Waals surface area contributed by atoms with Crippen LogP contribution in [0.25, 0.3) is 0 Å². The van der Waals surface area contributed by atoms with Crippen LogP contribution < -0.4 is 0 Å². The van der Waals surface area contributed by atoms with Crippen LogP contribution in [-0.2, 0) is 15.3 Å². The zero-order valence-electron chi connectivity index (χ0n) is 11.4. The average molecular weight is 252 g/mol. The van der Waals surface area contributed by atoms with Gasteiger partial charge < -0.3 is 8.85 Å². The normalized spacial score (nSPS) is 14.9. The molecule has 0 aliphatic rings. The van der Waals surface area contributed by atoms with Gasteiger partial charge in [-0.3, -0.25) is 0 Å². The summed E-state index contributed by atoms with van der Waals surface area (Å²) in [6, 6.07) is 11.6. The quantitative estimate of drug-likeness (QED) is 0.688. The Bertz CT molecular complexity index is 313. The van der Waals surface area contributed by atoms with Gasteiger partial charge >= 0.3 is 8.56 Å². The molecule has 0 saturated carbocycles. The highest BCUT2D eigenvalue weighted by atomic mass is 28.4. The van der Waals surface area contributed by atoms with Crippen molar-refractivity contribution in [2.24, 2.45) is 0 Å². The van der Waals surface area contributed by atoms with Crippen molar-refractivity contribution in [2.45, 2.75) is 45.9 Å². The largest absolute Gasteiger partial charge is 0.395 e. The van der Waals surface area contributed by atoms with Gasteiger partial charge in [-0.1, -0.05) is 30.3 Å². The summed E-state index contributed by atoms with van der Waals surface area (Å²) < 4.78 is 11.9. The average Bonchev–Trinajstić information content (AvgIpc) is 2.27. The lowest BCUT2D eigenvalue weighted by Gasteiger charge is -2.28. The molecule has 17 heavy (non-hydrogen) atoms. The number of aryl methyl sites for hydroxylation is 1. The highest BCUT2D eigenvalue weighted by molar-refractivity contribution is 6.66. The summed E-state index contributed by atoms with van der Waals surface area (Å²) in [6.45, 7) is 9.10. The van der Waals surface area contributed by atoms with Crippen molar-refractivity contribution in [1.29, 1.82) is 0 Å². The summed E-state index contributed by atoms with van der Waals surface area (Å²) >= 11 is 0. The minimum Gasteiger partial charge on any atom is -0.395 e. The number of hydrogen-bond donors (Lipinski definition) is 0. The van der Waals surface area contributed by atoms with Crippen molar-refractivity contribution in [2.75, 3.05) is 6.61 Å². The van der Waals surface area contributed by atoms with Crippen molar-refractivity contribution in [3.63, 3.8) is 0 Å². The van der Waals surface area contributed by atoms with Gasteiger partial charge in [-0.05, 0) is 45.3 Å². The summed E-state index contributed by atoms with van der Waals surface area (Å²) in [4.78, 5) is 0. The third kappa shape index (κ3) is 5.48. The Hall–Kier alpha value is -0.643. The van der Waals surface area contributed by atoms with E-state index in [0.717, 1.165) is 19.1 Å². The van der Waals surface area contributed by atoms with Gasteiger partial charge in [-0.25, -0.2) is 0 Å². The first-order chi connectivity index (χ1) is 8.06. The maximum absolute atomic E-state index is 6.02. The van der Waals surface area contributed by atoms with Gasteiger partial charge in [0.1, 0.15) is 0 Å². The van der Waals surface area contributed by atoms with Crippen molar-refractivity contribution in [3.8, 4) is 0 Å². The molecule has 0 aliphatic carbocycles. The van der Waals surface area contributed by atoms with E-state index in [1.807, 2.05) is 13.0 Å². The zero-order chi connectivity index (χ0) is 12.7. The molecule has 0 aliphatic heterocycles. The van der Waals surface area contributed by atoms with E-state index in [4.69, 9.17) is 8.85 Å². The van der Waals surface area contributed by atoms with Crippen LogP contribution in [0.15, 0.2) is 30.3 Å². The topological polar surface area (TPSA) is 18.5 Å². The molecule has 3 heteroatoms. The molecule has 0 N–H and O–H groups in total. The fraction of sp³-hybridized carbons (Fsp3) is 0.571. The van der Waals surface area contributed by atoms with Gasteiger partial charge in [-0.15, -0.1) is 0 Å². The Morgan fingerprint density at radius 2 is 1.82 bits per heavy atom. The van der Waals surface area contributed by atoms with Crippen molar-refractivity contribution in [1.82, 2.24) is 0 Å². The van der Waals surface area contributed by atoms with Crippen LogP contribution in [0.5, 0.6) is 0 Å². The van der Waals surface area contributed by atoms with E-state index in [1.54, 1.807) is 0 Å². The molecule has 1 rings (SSSR count). The van der Waals surface area contributed by atoms with Crippen LogP contribution in [0.4, 0.5) is 0 Å². The molecule has 1 atom stereocenters. The first kappa shape index (κ1) is 14.4. The van der Waals surface area contributed by atoms with Crippen LogP contribution in [0.3, 0.4) is 0 Å². The van der Waals surface area contributed by atoms with Crippen LogP contribution in [0.2, 0.25) is 12.6 Å². The summed E-state index contributed by atoms with van der Waals surface area (Å²) in [5.74, 6) is 0. The third-order valence-electron chi connectivity index (χ3n) is 2.65. The first-order valence-electron chi connectivity index (χ1n) is 6.41. The molecule has 1 aromatic carbocycles. The van der Waals surface area contributed by atoms with Crippen LogP contribution in [-0.4, -0.2) is 21.3 Å². The van der Waals surface area contributed by atoms with Gasteiger partial charge in [0.2, 0.25) is 0 Å². The molecule has 1 unspecified atom stereocenters. The van der Waals surface area contributed by atoms with Crippen molar-refractivity contribution in [3.05, 3.63) is 35.9 Å². The second-order valence-corrected chi connectivity index (χ2v) is 8.01.